The fourth-order valence-electron chi connectivity index (χ4n) is 4.55. The number of hydrogen-bond acceptors (Lipinski definition) is 5. The van der Waals surface area contributed by atoms with E-state index in [4.69, 9.17) is 23.2 Å². The summed E-state index contributed by atoms with van der Waals surface area (Å²) in [4.78, 5) is 28.2. The van der Waals surface area contributed by atoms with Gasteiger partial charge in [-0.3, -0.25) is 14.5 Å². The Morgan fingerprint density at radius 1 is 1.05 bits per heavy atom. The Morgan fingerprint density at radius 3 is 2.57 bits per heavy atom. The van der Waals surface area contributed by atoms with Gasteiger partial charge in [-0.25, -0.2) is 8.42 Å². The van der Waals surface area contributed by atoms with Crippen molar-refractivity contribution < 1.29 is 18.0 Å². The van der Waals surface area contributed by atoms with Gasteiger partial charge in [0.15, 0.2) is 0 Å². The summed E-state index contributed by atoms with van der Waals surface area (Å²) in [6.45, 7) is 2.24. The van der Waals surface area contributed by atoms with E-state index >= 15 is 0 Å². The van der Waals surface area contributed by atoms with Crippen LogP contribution in [0.15, 0.2) is 60.7 Å². The molecule has 0 bridgehead atoms. The number of amides is 2. The van der Waals surface area contributed by atoms with Crippen molar-refractivity contribution in [2.24, 2.45) is 0 Å². The molecule has 0 aromatic heterocycles. The molecule has 7 nitrogen and oxygen atoms in total. The summed E-state index contributed by atoms with van der Waals surface area (Å²) in [5, 5.41) is 8.59. The third kappa shape index (κ3) is 7.45. The van der Waals surface area contributed by atoms with Gasteiger partial charge in [0.2, 0.25) is 5.91 Å². The molecule has 1 aliphatic heterocycles. The molecule has 1 saturated heterocycles. The molecule has 1 heterocycles. The number of fused-ring (bicyclic) bond motifs is 1. The molecule has 2 amide bonds. The van der Waals surface area contributed by atoms with Crippen LogP contribution in [0, 0.1) is 0 Å². The summed E-state index contributed by atoms with van der Waals surface area (Å²) in [7, 11) is -3.33. The molecular formula is C27H29Cl2N3O4S. The molecule has 0 unspecified atom stereocenters. The highest BCUT2D eigenvalue weighted by Crippen LogP contribution is 2.23. The predicted molar refractivity (Wildman–Crippen MR) is 148 cm³/mol. The highest BCUT2D eigenvalue weighted by molar-refractivity contribution is 7.90. The fraction of sp³-hybridized carbons (Fsp3) is 0.333. The minimum Gasteiger partial charge on any atom is -0.350 e. The molecule has 4 rings (SSSR count). The quantitative estimate of drug-likeness (QED) is 0.410. The molecule has 2 N–H and O–H groups in total. The zero-order valence-electron chi connectivity index (χ0n) is 20.4. The highest BCUT2D eigenvalue weighted by atomic mass is 35.5. The molecule has 10 heteroatoms. The van der Waals surface area contributed by atoms with Gasteiger partial charge in [0.25, 0.3) is 5.91 Å². The second kappa shape index (κ2) is 11.8. The number of nitrogens with one attached hydrogen (secondary N) is 2. The van der Waals surface area contributed by atoms with Crippen LogP contribution in [-0.2, 0) is 21.2 Å². The third-order valence-electron chi connectivity index (χ3n) is 6.47. The number of hydrogen-bond donors (Lipinski definition) is 2. The molecule has 196 valence electrons. The molecule has 0 saturated carbocycles. The van der Waals surface area contributed by atoms with Gasteiger partial charge in [0.05, 0.1) is 15.8 Å². The van der Waals surface area contributed by atoms with E-state index in [1.165, 1.54) is 34.5 Å². The van der Waals surface area contributed by atoms with Crippen molar-refractivity contribution in [2.75, 3.05) is 25.1 Å². The Balaban J connectivity index is 1.40. The van der Waals surface area contributed by atoms with E-state index < -0.39 is 27.7 Å². The molecule has 0 aliphatic carbocycles. The summed E-state index contributed by atoms with van der Waals surface area (Å²) in [6, 6.07) is 17.8. The summed E-state index contributed by atoms with van der Waals surface area (Å²) in [6.07, 6.45) is 1.82. The van der Waals surface area contributed by atoms with Crippen molar-refractivity contribution in [3.05, 3.63) is 81.8 Å². The third-order valence-corrected chi connectivity index (χ3v) is 8.19. The van der Waals surface area contributed by atoms with Crippen LogP contribution in [-0.4, -0.2) is 62.3 Å². The topological polar surface area (TPSA) is 95.6 Å². The molecular weight excluding hydrogens is 533 g/mol. The van der Waals surface area contributed by atoms with E-state index in [1.807, 2.05) is 12.1 Å². The second-order valence-corrected chi connectivity index (χ2v) is 12.5. The van der Waals surface area contributed by atoms with E-state index in [9.17, 15) is 18.0 Å². The Morgan fingerprint density at radius 2 is 1.81 bits per heavy atom. The first-order valence-corrected chi connectivity index (χ1v) is 14.8. The minimum absolute atomic E-state index is 0.0375. The van der Waals surface area contributed by atoms with Gasteiger partial charge in [-0.1, -0.05) is 65.7 Å². The maximum Gasteiger partial charge on any atom is 0.251 e. The van der Waals surface area contributed by atoms with Crippen molar-refractivity contribution in [1.29, 1.82) is 0 Å². The highest BCUT2D eigenvalue weighted by Gasteiger charge is 2.29. The SMILES string of the molecule is CS(=O)(=O)CC[C@H](NC(=O)c1ccc(Cl)c(Cl)c1)C(=O)N[C@@H]1CCN(Cc2cccc3ccccc23)C1. The second-order valence-electron chi connectivity index (χ2n) is 9.44. The van der Waals surface area contributed by atoms with Crippen molar-refractivity contribution in [2.45, 2.75) is 31.5 Å². The Hall–Kier alpha value is -2.65. The van der Waals surface area contributed by atoms with Crippen LogP contribution in [0.3, 0.4) is 0 Å². The summed E-state index contributed by atoms with van der Waals surface area (Å²) < 4.78 is 23.5. The van der Waals surface area contributed by atoms with Gasteiger partial charge < -0.3 is 10.6 Å². The lowest BCUT2D eigenvalue weighted by Gasteiger charge is -2.22. The number of carbonyl (C=O) groups excluding carboxylic acids is 2. The number of halogens is 2. The van der Waals surface area contributed by atoms with Gasteiger partial charge in [0.1, 0.15) is 15.9 Å². The van der Waals surface area contributed by atoms with Crippen molar-refractivity contribution in [3.8, 4) is 0 Å². The first-order chi connectivity index (χ1) is 17.6. The van der Waals surface area contributed by atoms with Crippen LogP contribution in [0.25, 0.3) is 10.8 Å². The molecule has 1 fully saturated rings. The zero-order chi connectivity index (χ0) is 26.6. The van der Waals surface area contributed by atoms with Crippen LogP contribution in [0.4, 0.5) is 0 Å². The van der Waals surface area contributed by atoms with E-state index in [0.29, 0.717) is 11.6 Å². The van der Waals surface area contributed by atoms with E-state index in [2.05, 4.69) is 45.9 Å². The Labute approximate surface area is 227 Å². The number of nitrogens with zero attached hydrogens (tertiary/aromatic N) is 1. The Kier molecular flexibility index (Phi) is 8.75. The van der Waals surface area contributed by atoms with Gasteiger partial charge in [0, 0.05) is 37.5 Å². The normalized spacial score (nSPS) is 17.0. The van der Waals surface area contributed by atoms with Crippen molar-refractivity contribution in [3.63, 3.8) is 0 Å². The lowest BCUT2D eigenvalue weighted by Crippen LogP contribution is -2.50. The standard InChI is InChI=1S/C27H29Cl2N3O4S/c1-37(35,36)14-12-25(31-26(33)19-9-10-23(28)24(29)15-19)27(34)30-21-11-13-32(17-21)16-20-7-4-6-18-5-2-3-8-22(18)20/h2-10,15,21,25H,11-14,16-17H2,1H3,(H,30,34)(H,31,33)/t21-,25+/m1/s1. The maximum absolute atomic E-state index is 13.2. The molecule has 3 aromatic rings. The monoisotopic (exact) mass is 561 g/mol. The molecule has 37 heavy (non-hydrogen) atoms. The molecule has 1 aliphatic rings. The number of carbonyl (C=O) groups is 2. The van der Waals surface area contributed by atoms with E-state index in [-0.39, 0.29) is 28.8 Å². The predicted octanol–water partition coefficient (Wildman–Crippen LogP) is 4.07. The Bertz CT molecular complexity index is 1410. The zero-order valence-corrected chi connectivity index (χ0v) is 22.7. The first kappa shape index (κ1) is 27.4. The largest absolute Gasteiger partial charge is 0.350 e. The molecule has 3 aromatic carbocycles. The first-order valence-electron chi connectivity index (χ1n) is 12.0. The van der Waals surface area contributed by atoms with Gasteiger partial charge in [-0.05, 0) is 47.4 Å². The van der Waals surface area contributed by atoms with E-state index in [1.54, 1.807) is 0 Å². The van der Waals surface area contributed by atoms with Gasteiger partial charge >= 0.3 is 0 Å². The number of benzene rings is 3. The average molecular weight is 563 g/mol. The van der Waals surface area contributed by atoms with Crippen LogP contribution < -0.4 is 10.6 Å². The molecule has 2 atom stereocenters. The van der Waals surface area contributed by atoms with Crippen LogP contribution >= 0.6 is 23.2 Å². The van der Waals surface area contributed by atoms with Crippen LogP contribution in [0.1, 0.15) is 28.8 Å². The lowest BCUT2D eigenvalue weighted by molar-refractivity contribution is -0.123. The van der Waals surface area contributed by atoms with Gasteiger partial charge in [-0.15, -0.1) is 0 Å². The van der Waals surface area contributed by atoms with Crippen LogP contribution in [0.5, 0.6) is 0 Å². The smallest absolute Gasteiger partial charge is 0.251 e. The summed E-state index contributed by atoms with van der Waals surface area (Å²) in [5.74, 6) is -1.17. The summed E-state index contributed by atoms with van der Waals surface area (Å²) in [5.41, 5.74) is 1.46. The van der Waals surface area contributed by atoms with Crippen molar-refractivity contribution in [1.82, 2.24) is 15.5 Å². The molecule has 0 spiro atoms. The maximum atomic E-state index is 13.2. The summed E-state index contributed by atoms with van der Waals surface area (Å²) >= 11 is 11.9. The fourth-order valence-corrected chi connectivity index (χ4v) is 5.51. The lowest BCUT2D eigenvalue weighted by atomic mass is 10.0. The van der Waals surface area contributed by atoms with Crippen molar-refractivity contribution >= 4 is 55.6 Å². The minimum atomic E-state index is -3.33. The van der Waals surface area contributed by atoms with Gasteiger partial charge in [-0.2, -0.15) is 0 Å². The number of likely N-dealkylation sites (tertiary alicyclic amines) is 1. The average Bonchev–Trinajstić information content (AvgIpc) is 3.29. The van der Waals surface area contributed by atoms with Crippen LogP contribution in [0.2, 0.25) is 10.0 Å². The number of rotatable bonds is 9. The van der Waals surface area contributed by atoms with E-state index in [0.717, 1.165) is 25.8 Å². The molecule has 0 radical (unpaired) electrons. The number of sulfone groups is 1.